The zero-order valence-electron chi connectivity index (χ0n) is 5.44. The van der Waals surface area contributed by atoms with Gasteiger partial charge < -0.3 is 11.1 Å². The van der Waals surface area contributed by atoms with Crippen LogP contribution in [0.3, 0.4) is 0 Å². The van der Waals surface area contributed by atoms with Crippen LogP contribution in [-0.2, 0) is 0 Å². The van der Waals surface area contributed by atoms with E-state index < -0.39 is 6.17 Å². The highest BCUT2D eigenvalue weighted by Gasteiger charge is 2.22. The fourth-order valence-electron chi connectivity index (χ4n) is 1.14. The van der Waals surface area contributed by atoms with Gasteiger partial charge in [-0.05, 0) is 19.5 Å². The molecule has 0 saturated carbocycles. The molecule has 2 nitrogen and oxygen atoms in total. The second kappa shape index (κ2) is 3.13. The fourth-order valence-corrected chi connectivity index (χ4v) is 1.14. The van der Waals surface area contributed by atoms with Crippen molar-refractivity contribution in [3.8, 4) is 0 Å². The molecule has 54 valence electrons. The molecule has 0 aromatic rings. The second-order valence-corrected chi connectivity index (χ2v) is 2.50. The van der Waals surface area contributed by atoms with Crippen molar-refractivity contribution in [3.63, 3.8) is 0 Å². The minimum absolute atomic E-state index is 0.103. The maximum absolute atomic E-state index is 12.7. The Morgan fingerprint density at radius 1 is 1.67 bits per heavy atom. The number of hydrogen-bond acceptors (Lipinski definition) is 2. The molecular formula is C6H13FN2. The summed E-state index contributed by atoms with van der Waals surface area (Å²) in [6.07, 6.45) is 0.168. The summed E-state index contributed by atoms with van der Waals surface area (Å²) in [7, 11) is 0. The first-order valence-corrected chi connectivity index (χ1v) is 3.39. The quantitative estimate of drug-likeness (QED) is 0.522. The molecule has 9 heavy (non-hydrogen) atoms. The van der Waals surface area contributed by atoms with Crippen LogP contribution in [0.2, 0.25) is 0 Å². The number of rotatable bonds is 1. The highest BCUT2D eigenvalue weighted by Crippen LogP contribution is 2.13. The van der Waals surface area contributed by atoms with Crippen molar-refractivity contribution in [1.29, 1.82) is 0 Å². The maximum atomic E-state index is 12.7. The lowest BCUT2D eigenvalue weighted by molar-refractivity contribution is 0.185. The Balaban J connectivity index is 2.30. The van der Waals surface area contributed by atoms with Gasteiger partial charge in [0.25, 0.3) is 0 Å². The van der Waals surface area contributed by atoms with Gasteiger partial charge in [0.2, 0.25) is 0 Å². The molecule has 1 saturated heterocycles. The minimum atomic E-state index is -0.719. The van der Waals surface area contributed by atoms with Crippen LogP contribution in [0.4, 0.5) is 4.39 Å². The summed E-state index contributed by atoms with van der Waals surface area (Å²) in [4.78, 5) is 0. The molecule has 1 aliphatic heterocycles. The third kappa shape index (κ3) is 1.63. The third-order valence-electron chi connectivity index (χ3n) is 1.85. The van der Waals surface area contributed by atoms with E-state index in [4.69, 9.17) is 5.73 Å². The van der Waals surface area contributed by atoms with Crippen LogP contribution in [0.25, 0.3) is 0 Å². The molecule has 0 aliphatic carbocycles. The zero-order valence-corrected chi connectivity index (χ0v) is 5.44. The molecule has 0 amide bonds. The molecule has 3 N–H and O–H groups in total. The van der Waals surface area contributed by atoms with E-state index in [0.717, 1.165) is 13.0 Å². The molecule has 1 heterocycles. The first kappa shape index (κ1) is 6.96. The van der Waals surface area contributed by atoms with E-state index in [1.165, 1.54) is 0 Å². The molecular weight excluding hydrogens is 119 g/mol. The Morgan fingerprint density at radius 3 is 2.89 bits per heavy atom. The lowest BCUT2D eigenvalue weighted by Crippen LogP contribution is -2.41. The van der Waals surface area contributed by atoms with Crippen LogP contribution >= 0.6 is 0 Å². The predicted molar refractivity (Wildman–Crippen MR) is 34.9 cm³/mol. The number of hydrogen-bond donors (Lipinski definition) is 2. The normalized spacial score (nSPS) is 36.7. The van der Waals surface area contributed by atoms with Crippen molar-refractivity contribution in [2.45, 2.75) is 12.6 Å². The standard InChI is InChI=1S/C6H13FN2/c7-6-4-9-2-1-5(6)3-8/h5-6,9H,1-4,8H2/t5-,6-/m0/s1. The van der Waals surface area contributed by atoms with Crippen molar-refractivity contribution in [3.05, 3.63) is 0 Å². The Bertz CT molecular complexity index is 87.1. The van der Waals surface area contributed by atoms with Gasteiger partial charge in [0.1, 0.15) is 6.17 Å². The van der Waals surface area contributed by atoms with Gasteiger partial charge in [-0.3, -0.25) is 0 Å². The zero-order chi connectivity index (χ0) is 6.69. The van der Waals surface area contributed by atoms with Gasteiger partial charge in [0.15, 0.2) is 0 Å². The van der Waals surface area contributed by atoms with Crippen LogP contribution in [0.1, 0.15) is 6.42 Å². The maximum Gasteiger partial charge on any atom is 0.117 e. The molecule has 2 atom stereocenters. The van der Waals surface area contributed by atoms with Crippen molar-refractivity contribution < 1.29 is 4.39 Å². The Labute approximate surface area is 54.6 Å². The highest BCUT2D eigenvalue weighted by molar-refractivity contribution is 4.77. The molecule has 0 radical (unpaired) electrons. The van der Waals surface area contributed by atoms with Crippen LogP contribution in [-0.4, -0.2) is 25.8 Å². The average molecular weight is 132 g/mol. The molecule has 0 aromatic carbocycles. The highest BCUT2D eigenvalue weighted by atomic mass is 19.1. The summed E-state index contributed by atoms with van der Waals surface area (Å²) >= 11 is 0. The van der Waals surface area contributed by atoms with Gasteiger partial charge in [0.05, 0.1) is 0 Å². The van der Waals surface area contributed by atoms with E-state index in [0.29, 0.717) is 13.1 Å². The molecule has 1 fully saturated rings. The van der Waals surface area contributed by atoms with Crippen molar-refractivity contribution >= 4 is 0 Å². The first-order valence-electron chi connectivity index (χ1n) is 3.39. The minimum Gasteiger partial charge on any atom is -0.330 e. The fraction of sp³-hybridized carbons (Fsp3) is 1.00. The van der Waals surface area contributed by atoms with Gasteiger partial charge in [0, 0.05) is 12.5 Å². The van der Waals surface area contributed by atoms with Crippen molar-refractivity contribution in [2.75, 3.05) is 19.6 Å². The van der Waals surface area contributed by atoms with Crippen LogP contribution in [0.5, 0.6) is 0 Å². The largest absolute Gasteiger partial charge is 0.330 e. The Morgan fingerprint density at radius 2 is 2.44 bits per heavy atom. The molecule has 0 unspecified atom stereocenters. The average Bonchev–Trinajstić information content (AvgIpc) is 1.89. The lowest BCUT2D eigenvalue weighted by Gasteiger charge is -2.24. The number of nitrogens with one attached hydrogen (secondary N) is 1. The molecule has 3 heteroatoms. The monoisotopic (exact) mass is 132 g/mol. The van der Waals surface area contributed by atoms with Crippen molar-refractivity contribution in [2.24, 2.45) is 11.7 Å². The van der Waals surface area contributed by atoms with E-state index >= 15 is 0 Å². The summed E-state index contributed by atoms with van der Waals surface area (Å²) in [6.45, 7) is 1.90. The number of alkyl halides is 1. The first-order chi connectivity index (χ1) is 4.34. The summed E-state index contributed by atoms with van der Waals surface area (Å²) in [5.74, 6) is 0.103. The summed E-state index contributed by atoms with van der Waals surface area (Å²) in [5.41, 5.74) is 5.33. The van der Waals surface area contributed by atoms with Gasteiger partial charge >= 0.3 is 0 Å². The molecule has 0 spiro atoms. The van der Waals surface area contributed by atoms with Gasteiger partial charge in [-0.1, -0.05) is 0 Å². The SMILES string of the molecule is NC[C@@H]1CCNC[C@@H]1F. The van der Waals surface area contributed by atoms with Crippen LogP contribution in [0.15, 0.2) is 0 Å². The van der Waals surface area contributed by atoms with E-state index in [2.05, 4.69) is 5.32 Å². The van der Waals surface area contributed by atoms with Gasteiger partial charge in [-0.15, -0.1) is 0 Å². The third-order valence-corrected chi connectivity index (χ3v) is 1.85. The summed E-state index contributed by atoms with van der Waals surface area (Å²) in [5, 5.41) is 2.97. The number of piperidine rings is 1. The molecule has 1 aliphatic rings. The van der Waals surface area contributed by atoms with E-state index in [1.807, 2.05) is 0 Å². The second-order valence-electron chi connectivity index (χ2n) is 2.50. The van der Waals surface area contributed by atoms with E-state index in [1.54, 1.807) is 0 Å². The van der Waals surface area contributed by atoms with E-state index in [9.17, 15) is 4.39 Å². The smallest absolute Gasteiger partial charge is 0.117 e. The van der Waals surface area contributed by atoms with Gasteiger partial charge in [-0.25, -0.2) is 4.39 Å². The molecule has 1 rings (SSSR count). The number of halogens is 1. The predicted octanol–water partition coefficient (Wildman–Crippen LogP) is -0.107. The molecule has 0 aromatic heterocycles. The summed E-state index contributed by atoms with van der Waals surface area (Å²) < 4.78 is 12.7. The van der Waals surface area contributed by atoms with Crippen molar-refractivity contribution in [1.82, 2.24) is 5.32 Å². The summed E-state index contributed by atoms with van der Waals surface area (Å²) in [6, 6.07) is 0. The lowest BCUT2D eigenvalue weighted by atomic mass is 9.97. The number of nitrogens with two attached hydrogens (primary N) is 1. The van der Waals surface area contributed by atoms with Crippen LogP contribution in [0, 0.1) is 5.92 Å². The Kier molecular flexibility index (Phi) is 2.42. The topological polar surface area (TPSA) is 38.0 Å². The van der Waals surface area contributed by atoms with Crippen LogP contribution < -0.4 is 11.1 Å². The Hall–Kier alpha value is -0.150. The van der Waals surface area contributed by atoms with Gasteiger partial charge in [-0.2, -0.15) is 0 Å². The van der Waals surface area contributed by atoms with E-state index in [-0.39, 0.29) is 5.92 Å². The molecule has 0 bridgehead atoms.